The van der Waals surface area contributed by atoms with Gasteiger partial charge in [0.05, 0.1) is 7.11 Å². The Balaban J connectivity index is 2.03. The normalized spacial score (nSPS) is 10.7. The Labute approximate surface area is 118 Å². The lowest BCUT2D eigenvalue weighted by Gasteiger charge is -2.11. The summed E-state index contributed by atoms with van der Waals surface area (Å²) >= 11 is 0. The van der Waals surface area contributed by atoms with Crippen molar-refractivity contribution < 1.29 is 27.8 Å². The zero-order chi connectivity index (χ0) is 15.2. The molecule has 0 aliphatic carbocycles. The molecule has 21 heavy (non-hydrogen) atoms. The van der Waals surface area contributed by atoms with Crippen molar-refractivity contribution in [3.05, 3.63) is 29.7 Å². The van der Waals surface area contributed by atoms with Gasteiger partial charge in [0.15, 0.2) is 11.5 Å². The second-order valence-corrected chi connectivity index (χ2v) is 3.88. The predicted molar refractivity (Wildman–Crippen MR) is 67.2 cm³/mol. The van der Waals surface area contributed by atoms with E-state index >= 15 is 0 Å². The molecule has 0 fully saturated rings. The van der Waals surface area contributed by atoms with Crippen molar-refractivity contribution in [2.45, 2.75) is 19.8 Å². The number of nitrogens with one attached hydrogen (secondary N) is 1. The van der Waals surface area contributed by atoms with Crippen LogP contribution in [-0.2, 0) is 13.2 Å². The van der Waals surface area contributed by atoms with Gasteiger partial charge in [-0.2, -0.15) is 8.78 Å². The maximum atomic E-state index is 12.2. The number of ether oxygens (including phenoxy) is 2. The standard InChI is InChI=1S/C12H13F2N3O4/c1-19-9-4-7(2-3-8(9)20-11(13)14)5-15-12-17-16-10(6-18)21-12/h2-4,11,18H,5-6H2,1H3,(H,15,17). The summed E-state index contributed by atoms with van der Waals surface area (Å²) in [4.78, 5) is 0. The molecular formula is C12H13F2N3O4. The van der Waals surface area contributed by atoms with Gasteiger partial charge < -0.3 is 24.3 Å². The number of alkyl halides is 2. The Morgan fingerprint density at radius 3 is 2.76 bits per heavy atom. The number of benzene rings is 1. The number of aromatic nitrogens is 2. The fraction of sp³-hybridized carbons (Fsp3) is 0.333. The van der Waals surface area contributed by atoms with Crippen LogP contribution in [0, 0.1) is 0 Å². The highest BCUT2D eigenvalue weighted by Crippen LogP contribution is 2.29. The molecule has 0 radical (unpaired) electrons. The third-order valence-corrected chi connectivity index (χ3v) is 2.49. The number of hydrogen-bond donors (Lipinski definition) is 2. The van der Waals surface area contributed by atoms with Crippen molar-refractivity contribution in [1.29, 1.82) is 0 Å². The first kappa shape index (κ1) is 15.0. The Morgan fingerprint density at radius 2 is 2.14 bits per heavy atom. The first-order valence-corrected chi connectivity index (χ1v) is 5.91. The van der Waals surface area contributed by atoms with E-state index in [9.17, 15) is 8.78 Å². The number of hydrogen-bond acceptors (Lipinski definition) is 7. The van der Waals surface area contributed by atoms with Crippen LogP contribution in [0.2, 0.25) is 0 Å². The first-order chi connectivity index (χ1) is 10.1. The van der Waals surface area contributed by atoms with Crippen LogP contribution in [-0.4, -0.2) is 29.0 Å². The van der Waals surface area contributed by atoms with Crippen LogP contribution < -0.4 is 14.8 Å². The van der Waals surface area contributed by atoms with E-state index in [1.165, 1.54) is 13.2 Å². The highest BCUT2D eigenvalue weighted by atomic mass is 19.3. The monoisotopic (exact) mass is 301 g/mol. The highest BCUT2D eigenvalue weighted by molar-refractivity contribution is 5.43. The van der Waals surface area contributed by atoms with Gasteiger partial charge in [-0.3, -0.25) is 0 Å². The smallest absolute Gasteiger partial charge is 0.387 e. The minimum Gasteiger partial charge on any atom is -0.493 e. The third-order valence-electron chi connectivity index (χ3n) is 2.49. The largest absolute Gasteiger partial charge is 0.493 e. The van der Waals surface area contributed by atoms with Gasteiger partial charge in [-0.05, 0) is 17.7 Å². The fourth-order valence-corrected chi connectivity index (χ4v) is 1.58. The summed E-state index contributed by atoms with van der Waals surface area (Å²) in [5, 5.41) is 18.9. The Bertz CT molecular complexity index is 592. The van der Waals surface area contributed by atoms with E-state index in [-0.39, 0.29) is 30.0 Å². The second-order valence-electron chi connectivity index (χ2n) is 3.88. The molecule has 2 rings (SSSR count). The number of rotatable bonds is 7. The van der Waals surface area contributed by atoms with E-state index in [2.05, 4.69) is 20.3 Å². The summed E-state index contributed by atoms with van der Waals surface area (Å²) in [7, 11) is 1.36. The molecule has 0 spiro atoms. The molecule has 1 aromatic heterocycles. The number of halogens is 2. The zero-order valence-electron chi connectivity index (χ0n) is 11.0. The van der Waals surface area contributed by atoms with E-state index in [0.29, 0.717) is 6.54 Å². The van der Waals surface area contributed by atoms with Gasteiger partial charge >= 0.3 is 12.6 Å². The number of aliphatic hydroxyl groups excluding tert-OH is 1. The summed E-state index contributed by atoms with van der Waals surface area (Å²) in [5.74, 6) is 0.239. The topological polar surface area (TPSA) is 89.6 Å². The average Bonchev–Trinajstić information content (AvgIpc) is 2.93. The maximum Gasteiger partial charge on any atom is 0.387 e. The van der Waals surface area contributed by atoms with Crippen molar-refractivity contribution in [3.63, 3.8) is 0 Å². The van der Waals surface area contributed by atoms with Crippen LogP contribution in [0.25, 0.3) is 0 Å². The zero-order valence-corrected chi connectivity index (χ0v) is 11.0. The average molecular weight is 301 g/mol. The quantitative estimate of drug-likeness (QED) is 0.805. The third kappa shape index (κ3) is 4.02. The number of anilines is 1. The summed E-state index contributed by atoms with van der Waals surface area (Å²) in [6.07, 6.45) is 0. The molecule has 0 saturated heterocycles. The molecule has 0 atom stereocenters. The molecule has 1 aromatic carbocycles. The van der Waals surface area contributed by atoms with Crippen molar-refractivity contribution >= 4 is 6.01 Å². The van der Waals surface area contributed by atoms with Crippen LogP contribution in [0.5, 0.6) is 11.5 Å². The predicted octanol–water partition coefficient (Wildman–Crippen LogP) is 1.78. The van der Waals surface area contributed by atoms with Gasteiger partial charge in [-0.15, -0.1) is 5.10 Å². The Morgan fingerprint density at radius 1 is 1.33 bits per heavy atom. The van der Waals surface area contributed by atoms with Crippen molar-refractivity contribution in [2.24, 2.45) is 0 Å². The van der Waals surface area contributed by atoms with Gasteiger partial charge in [-0.1, -0.05) is 11.2 Å². The lowest BCUT2D eigenvalue weighted by molar-refractivity contribution is -0.0512. The summed E-state index contributed by atoms with van der Waals surface area (Å²) in [6.45, 7) is -2.96. The van der Waals surface area contributed by atoms with Crippen LogP contribution in [0.3, 0.4) is 0 Å². The first-order valence-electron chi connectivity index (χ1n) is 5.91. The fourth-order valence-electron chi connectivity index (χ4n) is 1.58. The molecule has 0 bridgehead atoms. The molecule has 0 saturated carbocycles. The van der Waals surface area contributed by atoms with E-state index < -0.39 is 6.61 Å². The molecule has 2 aromatic rings. The van der Waals surface area contributed by atoms with E-state index in [0.717, 1.165) is 5.56 Å². The van der Waals surface area contributed by atoms with Crippen molar-refractivity contribution in [1.82, 2.24) is 10.2 Å². The van der Waals surface area contributed by atoms with Crippen LogP contribution in [0.4, 0.5) is 14.8 Å². The van der Waals surface area contributed by atoms with Gasteiger partial charge in [0.1, 0.15) is 6.61 Å². The van der Waals surface area contributed by atoms with Gasteiger partial charge in [0, 0.05) is 6.54 Å². The highest BCUT2D eigenvalue weighted by Gasteiger charge is 2.11. The molecule has 114 valence electrons. The van der Waals surface area contributed by atoms with Gasteiger partial charge in [-0.25, -0.2) is 0 Å². The second kappa shape index (κ2) is 6.84. The Kier molecular flexibility index (Phi) is 4.88. The summed E-state index contributed by atoms with van der Waals surface area (Å²) in [6, 6.07) is 4.67. The van der Waals surface area contributed by atoms with Crippen LogP contribution >= 0.6 is 0 Å². The number of methoxy groups -OCH3 is 1. The van der Waals surface area contributed by atoms with Crippen molar-refractivity contribution in [2.75, 3.05) is 12.4 Å². The van der Waals surface area contributed by atoms with Crippen LogP contribution in [0.1, 0.15) is 11.5 Å². The molecule has 7 nitrogen and oxygen atoms in total. The van der Waals surface area contributed by atoms with Gasteiger partial charge in [0.25, 0.3) is 0 Å². The lowest BCUT2D eigenvalue weighted by Crippen LogP contribution is -2.05. The van der Waals surface area contributed by atoms with E-state index in [1.807, 2.05) is 0 Å². The van der Waals surface area contributed by atoms with Crippen molar-refractivity contribution in [3.8, 4) is 11.5 Å². The molecule has 2 N–H and O–H groups in total. The van der Waals surface area contributed by atoms with Gasteiger partial charge in [0.2, 0.25) is 5.89 Å². The number of aliphatic hydroxyl groups is 1. The molecule has 1 heterocycles. The number of nitrogens with zero attached hydrogens (tertiary/aromatic N) is 2. The molecule has 0 unspecified atom stereocenters. The molecule has 0 amide bonds. The van der Waals surface area contributed by atoms with Crippen LogP contribution in [0.15, 0.2) is 22.6 Å². The lowest BCUT2D eigenvalue weighted by atomic mass is 10.2. The molecule has 0 aliphatic heterocycles. The molecular weight excluding hydrogens is 288 g/mol. The van der Waals surface area contributed by atoms with E-state index in [1.54, 1.807) is 12.1 Å². The summed E-state index contributed by atoms with van der Waals surface area (Å²) in [5.41, 5.74) is 0.734. The minimum absolute atomic E-state index is 0.0448. The maximum absolute atomic E-state index is 12.2. The molecule has 9 heteroatoms. The SMILES string of the molecule is COc1cc(CNc2nnc(CO)o2)ccc1OC(F)F. The van der Waals surface area contributed by atoms with E-state index in [4.69, 9.17) is 14.3 Å². The summed E-state index contributed by atoms with van der Waals surface area (Å²) < 4.78 is 38.8. The Hall–Kier alpha value is -2.42. The minimum atomic E-state index is -2.92. The molecule has 0 aliphatic rings.